The number of ether oxygens (including phenoxy) is 1. The number of rotatable bonds is 6. The lowest BCUT2D eigenvalue weighted by Gasteiger charge is -2.20. The van der Waals surface area contributed by atoms with E-state index in [1.165, 1.54) is 4.88 Å². The minimum Gasteiger partial charge on any atom is -0.491 e. The highest BCUT2D eigenvalue weighted by molar-refractivity contribution is 7.15. The molecule has 0 bridgehead atoms. The molecule has 25 heavy (non-hydrogen) atoms. The summed E-state index contributed by atoms with van der Waals surface area (Å²) in [6.45, 7) is 6.09. The van der Waals surface area contributed by atoms with Crippen LogP contribution in [0.3, 0.4) is 0 Å². The Morgan fingerprint density at radius 3 is 2.96 bits per heavy atom. The maximum absolute atomic E-state index is 12.3. The number of hydrogen-bond donors (Lipinski definition) is 2. The number of nitrogens with one attached hydrogen (secondary N) is 2. The first-order valence-electron chi connectivity index (χ1n) is 8.82. The first kappa shape index (κ1) is 17.9. The first-order chi connectivity index (χ1) is 12.1. The molecule has 2 heterocycles. The second-order valence-electron chi connectivity index (χ2n) is 6.63. The van der Waals surface area contributed by atoms with Crippen LogP contribution in [-0.2, 0) is 11.2 Å². The third-order valence-electron chi connectivity index (χ3n) is 4.15. The van der Waals surface area contributed by atoms with Crippen molar-refractivity contribution in [1.29, 1.82) is 0 Å². The molecule has 0 aliphatic carbocycles. The number of carbonyl (C=O) groups excluding carboxylic acids is 1. The van der Waals surface area contributed by atoms with Crippen LogP contribution in [0.1, 0.15) is 43.0 Å². The number of aromatic nitrogens is 1. The van der Waals surface area contributed by atoms with Crippen molar-refractivity contribution in [3.63, 3.8) is 0 Å². The number of piperidine rings is 1. The Balaban J connectivity index is 1.56. The van der Waals surface area contributed by atoms with E-state index in [0.717, 1.165) is 37.2 Å². The largest absolute Gasteiger partial charge is 0.491 e. The highest BCUT2D eigenvalue weighted by atomic mass is 32.1. The fourth-order valence-corrected chi connectivity index (χ4v) is 3.99. The van der Waals surface area contributed by atoms with E-state index in [0.29, 0.717) is 17.5 Å². The molecule has 2 N–H and O–H groups in total. The molecule has 0 atom stereocenters. The Morgan fingerprint density at radius 1 is 1.40 bits per heavy atom. The van der Waals surface area contributed by atoms with Crippen molar-refractivity contribution in [3.8, 4) is 5.75 Å². The van der Waals surface area contributed by atoms with E-state index >= 15 is 0 Å². The van der Waals surface area contributed by atoms with Crippen LogP contribution in [0.15, 0.2) is 30.5 Å². The maximum atomic E-state index is 12.3. The number of carbonyl (C=O) groups is 1. The zero-order chi connectivity index (χ0) is 17.6. The molecular formula is C19H25N3O2S. The van der Waals surface area contributed by atoms with Gasteiger partial charge in [-0.05, 0) is 63.4 Å². The summed E-state index contributed by atoms with van der Waals surface area (Å²) in [7, 11) is 0. The van der Waals surface area contributed by atoms with Gasteiger partial charge in [0.05, 0.1) is 12.5 Å². The van der Waals surface area contributed by atoms with Gasteiger partial charge in [0.1, 0.15) is 5.75 Å². The van der Waals surface area contributed by atoms with Crippen LogP contribution in [0.4, 0.5) is 5.13 Å². The number of hydrogen-bond acceptors (Lipinski definition) is 5. The van der Waals surface area contributed by atoms with Crippen molar-refractivity contribution in [2.45, 2.75) is 45.1 Å². The monoisotopic (exact) mass is 359 g/mol. The smallest absolute Gasteiger partial charge is 0.230 e. The second-order valence-corrected chi connectivity index (χ2v) is 7.69. The van der Waals surface area contributed by atoms with Crippen LogP contribution in [0.5, 0.6) is 5.75 Å². The molecule has 0 spiro atoms. The lowest BCUT2D eigenvalue weighted by Crippen LogP contribution is -2.26. The fourth-order valence-electron chi connectivity index (χ4n) is 2.99. The first-order valence-corrected chi connectivity index (χ1v) is 9.63. The van der Waals surface area contributed by atoms with E-state index in [4.69, 9.17) is 4.74 Å². The summed E-state index contributed by atoms with van der Waals surface area (Å²) in [6.07, 6.45) is 4.62. The number of nitrogens with zero attached hydrogens (tertiary/aromatic N) is 1. The van der Waals surface area contributed by atoms with E-state index < -0.39 is 0 Å². The normalized spacial score (nSPS) is 15.3. The van der Waals surface area contributed by atoms with Gasteiger partial charge in [0.25, 0.3) is 0 Å². The SMILES string of the molecule is CC(C)Oc1cccc(CC(=O)Nc2ncc(C3CCNCC3)s2)c1. The highest BCUT2D eigenvalue weighted by Crippen LogP contribution is 2.31. The van der Waals surface area contributed by atoms with Gasteiger partial charge in [0.15, 0.2) is 5.13 Å². The molecular weight excluding hydrogens is 334 g/mol. The Hall–Kier alpha value is -1.92. The van der Waals surface area contributed by atoms with Crippen molar-refractivity contribution >= 4 is 22.4 Å². The topological polar surface area (TPSA) is 63.2 Å². The summed E-state index contributed by atoms with van der Waals surface area (Å²) in [4.78, 5) is 17.9. The van der Waals surface area contributed by atoms with Crippen LogP contribution in [0.25, 0.3) is 0 Å². The van der Waals surface area contributed by atoms with Gasteiger partial charge in [-0.3, -0.25) is 4.79 Å². The van der Waals surface area contributed by atoms with Crippen LogP contribution in [0, 0.1) is 0 Å². The molecule has 1 saturated heterocycles. The number of amides is 1. The molecule has 0 unspecified atom stereocenters. The Bertz CT molecular complexity index is 708. The summed E-state index contributed by atoms with van der Waals surface area (Å²) >= 11 is 1.59. The molecule has 1 aliphatic rings. The van der Waals surface area contributed by atoms with Gasteiger partial charge in [-0.2, -0.15) is 0 Å². The van der Waals surface area contributed by atoms with Crippen molar-refractivity contribution in [2.24, 2.45) is 0 Å². The Labute approximate surface area is 152 Å². The molecule has 3 rings (SSSR count). The van der Waals surface area contributed by atoms with Crippen molar-refractivity contribution in [1.82, 2.24) is 10.3 Å². The summed E-state index contributed by atoms with van der Waals surface area (Å²) < 4.78 is 5.68. The van der Waals surface area contributed by atoms with Crippen molar-refractivity contribution in [3.05, 3.63) is 40.9 Å². The van der Waals surface area contributed by atoms with Gasteiger partial charge in [-0.25, -0.2) is 4.98 Å². The summed E-state index contributed by atoms with van der Waals surface area (Å²) in [5.74, 6) is 1.31. The molecule has 1 amide bonds. The van der Waals surface area contributed by atoms with Crippen molar-refractivity contribution < 1.29 is 9.53 Å². The zero-order valence-corrected chi connectivity index (χ0v) is 15.6. The second kappa shape index (κ2) is 8.45. The average Bonchev–Trinajstić information content (AvgIpc) is 3.03. The van der Waals surface area contributed by atoms with Crippen LogP contribution in [-0.4, -0.2) is 30.1 Å². The molecule has 0 saturated carbocycles. The minimum atomic E-state index is -0.0482. The summed E-state index contributed by atoms with van der Waals surface area (Å²) in [5.41, 5.74) is 0.936. The fraction of sp³-hybridized carbons (Fsp3) is 0.474. The lowest BCUT2D eigenvalue weighted by molar-refractivity contribution is -0.115. The summed E-state index contributed by atoms with van der Waals surface area (Å²) in [5, 5.41) is 6.98. The van der Waals surface area contributed by atoms with Crippen LogP contribution in [0.2, 0.25) is 0 Å². The number of benzene rings is 1. The molecule has 5 nitrogen and oxygen atoms in total. The van der Waals surface area contributed by atoms with E-state index in [9.17, 15) is 4.79 Å². The standard InChI is InChI=1S/C19H25N3O2S/c1-13(2)24-16-5-3-4-14(10-16)11-18(23)22-19-21-12-17(25-19)15-6-8-20-9-7-15/h3-5,10,12-13,15,20H,6-9,11H2,1-2H3,(H,21,22,23). The van der Waals surface area contributed by atoms with E-state index in [2.05, 4.69) is 15.6 Å². The van der Waals surface area contributed by atoms with Gasteiger partial charge in [-0.1, -0.05) is 12.1 Å². The average molecular weight is 359 g/mol. The molecule has 1 aromatic carbocycles. The third kappa shape index (κ3) is 5.28. The van der Waals surface area contributed by atoms with Gasteiger partial charge in [0, 0.05) is 11.1 Å². The molecule has 1 aromatic heterocycles. The zero-order valence-electron chi connectivity index (χ0n) is 14.7. The Morgan fingerprint density at radius 2 is 2.20 bits per heavy atom. The maximum Gasteiger partial charge on any atom is 0.230 e. The highest BCUT2D eigenvalue weighted by Gasteiger charge is 2.18. The van der Waals surface area contributed by atoms with Gasteiger partial charge in [-0.15, -0.1) is 11.3 Å². The predicted octanol–water partition coefficient (Wildman–Crippen LogP) is 3.58. The lowest BCUT2D eigenvalue weighted by atomic mass is 9.97. The number of thiazole rings is 1. The van der Waals surface area contributed by atoms with Crippen LogP contribution >= 0.6 is 11.3 Å². The summed E-state index contributed by atoms with van der Waals surface area (Å²) in [6, 6.07) is 7.68. The van der Waals surface area contributed by atoms with E-state index in [1.54, 1.807) is 11.3 Å². The third-order valence-corrected chi connectivity index (χ3v) is 5.22. The van der Waals surface area contributed by atoms with E-state index in [-0.39, 0.29) is 12.0 Å². The molecule has 0 radical (unpaired) electrons. The number of anilines is 1. The molecule has 134 valence electrons. The molecule has 1 aliphatic heterocycles. The van der Waals surface area contributed by atoms with Crippen LogP contribution < -0.4 is 15.4 Å². The van der Waals surface area contributed by atoms with Crippen molar-refractivity contribution in [2.75, 3.05) is 18.4 Å². The van der Waals surface area contributed by atoms with Gasteiger partial charge >= 0.3 is 0 Å². The molecule has 1 fully saturated rings. The van der Waals surface area contributed by atoms with Gasteiger partial charge < -0.3 is 15.4 Å². The predicted molar refractivity (Wildman–Crippen MR) is 101 cm³/mol. The van der Waals surface area contributed by atoms with Gasteiger partial charge in [0.2, 0.25) is 5.91 Å². The molecule has 6 heteroatoms. The minimum absolute atomic E-state index is 0.0482. The quantitative estimate of drug-likeness (QED) is 0.827. The van der Waals surface area contributed by atoms with E-state index in [1.807, 2.05) is 44.3 Å². The Kier molecular flexibility index (Phi) is 6.04. The molecule has 2 aromatic rings.